The second-order valence-corrected chi connectivity index (χ2v) is 6.60. The summed E-state index contributed by atoms with van der Waals surface area (Å²) in [6, 6.07) is 15.8. The molecule has 0 aliphatic carbocycles. The number of anilines is 1. The lowest BCUT2D eigenvalue weighted by atomic mass is 10.1. The van der Waals surface area contributed by atoms with Crippen LogP contribution in [0.1, 0.15) is 24.1 Å². The first-order chi connectivity index (χ1) is 13.2. The zero-order chi connectivity index (χ0) is 19.1. The van der Waals surface area contributed by atoms with Crippen molar-refractivity contribution in [3.05, 3.63) is 59.7 Å². The molecule has 0 aromatic heterocycles. The van der Waals surface area contributed by atoms with Crippen LogP contribution in [-0.4, -0.2) is 44.3 Å². The van der Waals surface area contributed by atoms with Crippen molar-refractivity contribution < 1.29 is 14.3 Å². The fourth-order valence-corrected chi connectivity index (χ4v) is 3.12. The molecule has 1 aliphatic heterocycles. The zero-order valence-electron chi connectivity index (χ0n) is 15.9. The van der Waals surface area contributed by atoms with Crippen LogP contribution in [0.25, 0.3) is 0 Å². The van der Waals surface area contributed by atoms with E-state index in [0.29, 0.717) is 12.6 Å². The number of morpholine rings is 1. The molecule has 0 bridgehead atoms. The maximum absolute atomic E-state index is 12.1. The van der Waals surface area contributed by atoms with Crippen LogP contribution in [0.5, 0.6) is 5.75 Å². The van der Waals surface area contributed by atoms with Crippen molar-refractivity contribution in [2.24, 2.45) is 0 Å². The topological polar surface area (TPSA) is 62.8 Å². The van der Waals surface area contributed by atoms with Crippen LogP contribution in [0.3, 0.4) is 0 Å². The summed E-state index contributed by atoms with van der Waals surface area (Å²) in [5.74, 6) is 0.801. The Morgan fingerprint density at radius 2 is 1.78 bits per heavy atom. The number of hydrogen-bond acceptors (Lipinski definition) is 4. The lowest BCUT2D eigenvalue weighted by Crippen LogP contribution is -2.38. The number of urea groups is 1. The molecule has 1 heterocycles. The van der Waals surface area contributed by atoms with Gasteiger partial charge in [-0.25, -0.2) is 4.79 Å². The van der Waals surface area contributed by atoms with Crippen molar-refractivity contribution in [2.45, 2.75) is 19.5 Å². The molecular formula is C21H27N3O3. The van der Waals surface area contributed by atoms with Gasteiger partial charge in [0.05, 0.1) is 20.3 Å². The molecular weight excluding hydrogens is 342 g/mol. The molecule has 2 aromatic carbocycles. The molecule has 2 N–H and O–H groups in total. The average molecular weight is 369 g/mol. The van der Waals surface area contributed by atoms with E-state index in [0.717, 1.165) is 43.3 Å². The van der Waals surface area contributed by atoms with Gasteiger partial charge in [-0.15, -0.1) is 0 Å². The van der Waals surface area contributed by atoms with Gasteiger partial charge < -0.3 is 20.1 Å². The van der Waals surface area contributed by atoms with E-state index in [9.17, 15) is 4.79 Å². The number of ether oxygens (including phenoxy) is 2. The second kappa shape index (κ2) is 9.39. The molecule has 0 radical (unpaired) electrons. The Morgan fingerprint density at radius 3 is 2.41 bits per heavy atom. The normalized spacial score (nSPS) is 15.8. The largest absolute Gasteiger partial charge is 0.497 e. The Morgan fingerprint density at radius 1 is 1.11 bits per heavy atom. The van der Waals surface area contributed by atoms with Crippen molar-refractivity contribution in [1.29, 1.82) is 0 Å². The first-order valence-corrected chi connectivity index (χ1v) is 9.25. The summed E-state index contributed by atoms with van der Waals surface area (Å²) in [4.78, 5) is 14.5. The number of hydrogen-bond donors (Lipinski definition) is 2. The maximum atomic E-state index is 12.1. The molecule has 1 atom stereocenters. The van der Waals surface area contributed by atoms with Gasteiger partial charge >= 0.3 is 6.03 Å². The van der Waals surface area contributed by atoms with E-state index in [4.69, 9.17) is 9.47 Å². The van der Waals surface area contributed by atoms with Gasteiger partial charge in [-0.1, -0.05) is 24.3 Å². The lowest BCUT2D eigenvalue weighted by Gasteiger charge is -2.32. The fourth-order valence-electron chi connectivity index (χ4n) is 3.12. The van der Waals surface area contributed by atoms with Crippen LogP contribution in [0.4, 0.5) is 10.5 Å². The third kappa shape index (κ3) is 5.45. The highest BCUT2D eigenvalue weighted by Gasteiger charge is 2.18. The zero-order valence-corrected chi connectivity index (χ0v) is 15.9. The minimum atomic E-state index is -0.222. The van der Waals surface area contributed by atoms with Crippen LogP contribution >= 0.6 is 0 Å². The van der Waals surface area contributed by atoms with Gasteiger partial charge in [0.15, 0.2) is 0 Å². The second-order valence-electron chi connectivity index (χ2n) is 6.60. The third-order valence-corrected chi connectivity index (χ3v) is 4.86. The van der Waals surface area contributed by atoms with Crippen LogP contribution in [0.15, 0.2) is 48.5 Å². The minimum Gasteiger partial charge on any atom is -0.497 e. The number of nitrogens with zero attached hydrogens (tertiary/aromatic N) is 1. The van der Waals surface area contributed by atoms with E-state index in [2.05, 4.69) is 34.6 Å². The Kier molecular flexibility index (Phi) is 6.68. The molecule has 27 heavy (non-hydrogen) atoms. The number of amides is 2. The van der Waals surface area contributed by atoms with Crippen LogP contribution in [0.2, 0.25) is 0 Å². The standard InChI is InChI=1S/C21H27N3O3/c1-16(24-11-13-27-14-12-24)18-5-7-19(8-6-18)23-21(25)22-15-17-3-9-20(26-2)10-4-17/h3-10,16H,11-15H2,1-2H3,(H2,22,23,25). The summed E-state index contributed by atoms with van der Waals surface area (Å²) in [5, 5.41) is 5.73. The summed E-state index contributed by atoms with van der Waals surface area (Å²) in [6.07, 6.45) is 0. The first kappa shape index (κ1) is 19.2. The van der Waals surface area contributed by atoms with E-state index >= 15 is 0 Å². The summed E-state index contributed by atoms with van der Waals surface area (Å²) in [6.45, 7) is 6.15. The van der Waals surface area contributed by atoms with Gasteiger partial charge in [0, 0.05) is 31.4 Å². The van der Waals surface area contributed by atoms with E-state index in [1.807, 2.05) is 36.4 Å². The van der Waals surface area contributed by atoms with E-state index in [1.165, 1.54) is 5.56 Å². The third-order valence-electron chi connectivity index (χ3n) is 4.86. The molecule has 1 fully saturated rings. The fraction of sp³-hybridized carbons (Fsp3) is 0.381. The van der Waals surface area contributed by atoms with Crippen molar-refractivity contribution in [1.82, 2.24) is 10.2 Å². The monoisotopic (exact) mass is 369 g/mol. The number of methoxy groups -OCH3 is 1. The van der Waals surface area contributed by atoms with Crippen LogP contribution < -0.4 is 15.4 Å². The van der Waals surface area contributed by atoms with Crippen molar-refractivity contribution in [3.63, 3.8) is 0 Å². The Labute approximate surface area is 160 Å². The first-order valence-electron chi connectivity index (χ1n) is 9.25. The maximum Gasteiger partial charge on any atom is 0.319 e. The van der Waals surface area contributed by atoms with Crippen LogP contribution in [0, 0.1) is 0 Å². The van der Waals surface area contributed by atoms with Crippen molar-refractivity contribution >= 4 is 11.7 Å². The molecule has 6 nitrogen and oxygen atoms in total. The summed E-state index contributed by atoms with van der Waals surface area (Å²) < 4.78 is 10.5. The number of benzene rings is 2. The molecule has 144 valence electrons. The summed E-state index contributed by atoms with van der Waals surface area (Å²) >= 11 is 0. The van der Waals surface area contributed by atoms with E-state index in [1.54, 1.807) is 7.11 Å². The molecule has 0 spiro atoms. The van der Waals surface area contributed by atoms with E-state index < -0.39 is 0 Å². The van der Waals surface area contributed by atoms with Gasteiger partial charge in [0.2, 0.25) is 0 Å². The smallest absolute Gasteiger partial charge is 0.319 e. The predicted molar refractivity (Wildman–Crippen MR) is 106 cm³/mol. The molecule has 2 amide bonds. The van der Waals surface area contributed by atoms with Gasteiger partial charge in [-0.05, 0) is 42.3 Å². The minimum absolute atomic E-state index is 0.222. The Hall–Kier alpha value is -2.57. The van der Waals surface area contributed by atoms with Gasteiger partial charge in [-0.3, -0.25) is 4.90 Å². The van der Waals surface area contributed by atoms with Gasteiger partial charge in [0.25, 0.3) is 0 Å². The molecule has 6 heteroatoms. The Balaban J connectivity index is 1.48. The van der Waals surface area contributed by atoms with Crippen molar-refractivity contribution in [3.8, 4) is 5.75 Å². The molecule has 3 rings (SSSR count). The number of rotatable bonds is 6. The molecule has 0 saturated carbocycles. The molecule has 1 unspecified atom stereocenters. The highest BCUT2D eigenvalue weighted by atomic mass is 16.5. The van der Waals surface area contributed by atoms with Gasteiger partial charge in [0.1, 0.15) is 5.75 Å². The van der Waals surface area contributed by atoms with E-state index in [-0.39, 0.29) is 6.03 Å². The molecule has 2 aromatic rings. The highest BCUT2D eigenvalue weighted by molar-refractivity contribution is 5.89. The van der Waals surface area contributed by atoms with Crippen LogP contribution in [-0.2, 0) is 11.3 Å². The molecule has 1 aliphatic rings. The number of carbonyl (C=O) groups excluding carboxylic acids is 1. The van der Waals surface area contributed by atoms with Gasteiger partial charge in [-0.2, -0.15) is 0 Å². The number of nitrogens with one attached hydrogen (secondary N) is 2. The number of carbonyl (C=O) groups is 1. The van der Waals surface area contributed by atoms with Crippen molar-refractivity contribution in [2.75, 3.05) is 38.7 Å². The predicted octanol–water partition coefficient (Wildman–Crippen LogP) is 3.41. The Bertz CT molecular complexity index is 725. The average Bonchev–Trinajstić information content (AvgIpc) is 2.73. The SMILES string of the molecule is COc1ccc(CNC(=O)Nc2ccc(C(C)N3CCOCC3)cc2)cc1. The highest BCUT2D eigenvalue weighted by Crippen LogP contribution is 2.22. The summed E-state index contributed by atoms with van der Waals surface area (Å²) in [5.41, 5.74) is 3.03. The quantitative estimate of drug-likeness (QED) is 0.819. The lowest BCUT2D eigenvalue weighted by molar-refractivity contribution is 0.0198. The summed E-state index contributed by atoms with van der Waals surface area (Å²) in [7, 11) is 1.63. The molecule has 1 saturated heterocycles.